The number of halogens is 1. The van der Waals surface area contributed by atoms with Crippen LogP contribution in [0.2, 0.25) is 0 Å². The fourth-order valence-corrected chi connectivity index (χ4v) is 0.957. The number of hydrogen-bond donors (Lipinski definition) is 1. The van der Waals surface area contributed by atoms with Crippen LogP contribution in [0.1, 0.15) is 5.56 Å². The van der Waals surface area contributed by atoms with Crippen molar-refractivity contribution in [2.45, 2.75) is 6.61 Å². The molecule has 0 heterocycles. The van der Waals surface area contributed by atoms with Gasteiger partial charge in [0.2, 0.25) is 0 Å². The molecule has 1 unspecified atom stereocenters. The molecule has 1 rings (SSSR count). The zero-order valence-electron chi connectivity index (χ0n) is 6.07. The molecular formula is C7H7FO3S. The van der Waals surface area contributed by atoms with E-state index in [4.69, 9.17) is 4.55 Å². The second-order valence-electron chi connectivity index (χ2n) is 2.07. The van der Waals surface area contributed by atoms with Crippen LogP contribution in [0.25, 0.3) is 0 Å². The third-order valence-corrected chi connectivity index (χ3v) is 1.59. The molecule has 66 valence electrons. The van der Waals surface area contributed by atoms with Crippen LogP contribution in [0, 0.1) is 5.82 Å². The summed E-state index contributed by atoms with van der Waals surface area (Å²) < 4.78 is 35.4. The van der Waals surface area contributed by atoms with Crippen molar-refractivity contribution in [3.05, 3.63) is 35.6 Å². The smallest absolute Gasteiger partial charge is 0.284 e. The summed E-state index contributed by atoms with van der Waals surface area (Å²) in [4.78, 5) is 0. The van der Waals surface area contributed by atoms with Crippen LogP contribution in [0.4, 0.5) is 4.39 Å². The van der Waals surface area contributed by atoms with Crippen LogP contribution in [-0.2, 0) is 22.2 Å². The maximum atomic E-state index is 12.8. The molecule has 1 aromatic carbocycles. The minimum Gasteiger partial charge on any atom is -0.284 e. The molecule has 12 heavy (non-hydrogen) atoms. The molecule has 0 aromatic heterocycles. The van der Waals surface area contributed by atoms with Crippen LogP contribution in [0.3, 0.4) is 0 Å². The van der Waals surface area contributed by atoms with Crippen LogP contribution in [-0.4, -0.2) is 8.76 Å². The first-order valence-electron chi connectivity index (χ1n) is 3.17. The third kappa shape index (κ3) is 2.69. The van der Waals surface area contributed by atoms with Gasteiger partial charge >= 0.3 is 11.4 Å². The Morgan fingerprint density at radius 2 is 2.17 bits per heavy atom. The quantitative estimate of drug-likeness (QED) is 0.734. The van der Waals surface area contributed by atoms with Crippen molar-refractivity contribution in [1.82, 2.24) is 0 Å². The second-order valence-corrected chi connectivity index (χ2v) is 2.74. The molecule has 1 N–H and O–H groups in total. The van der Waals surface area contributed by atoms with Gasteiger partial charge in [0, 0.05) is 5.56 Å². The molecule has 0 amide bonds. The standard InChI is InChI=1S/C7H7FO3S/c8-7-4-2-1-3-6(7)5-11-12(9)10/h1-4H,5H2,(H,9,10). The van der Waals surface area contributed by atoms with Crippen molar-refractivity contribution >= 4 is 11.4 Å². The average molecular weight is 190 g/mol. The van der Waals surface area contributed by atoms with Gasteiger partial charge in [-0.1, -0.05) is 18.2 Å². The second kappa shape index (κ2) is 4.30. The summed E-state index contributed by atoms with van der Waals surface area (Å²) in [6.45, 7) is -0.199. The predicted octanol–water partition coefficient (Wildman–Crippen LogP) is 1.48. The van der Waals surface area contributed by atoms with E-state index < -0.39 is 17.2 Å². The van der Waals surface area contributed by atoms with Gasteiger partial charge in [-0.15, -0.1) is 0 Å². The molecule has 0 spiro atoms. The molecule has 0 radical (unpaired) electrons. The van der Waals surface area contributed by atoms with E-state index in [1.807, 2.05) is 0 Å². The summed E-state index contributed by atoms with van der Waals surface area (Å²) in [5.41, 5.74) is 0.264. The normalized spacial score (nSPS) is 12.8. The van der Waals surface area contributed by atoms with Crippen LogP contribution in [0.5, 0.6) is 0 Å². The van der Waals surface area contributed by atoms with Crippen molar-refractivity contribution in [3.8, 4) is 0 Å². The first-order chi connectivity index (χ1) is 5.70. The fraction of sp³-hybridized carbons (Fsp3) is 0.143. The number of rotatable bonds is 3. The van der Waals surface area contributed by atoms with Crippen molar-refractivity contribution in [2.24, 2.45) is 0 Å². The summed E-state index contributed by atoms with van der Waals surface area (Å²) in [6, 6.07) is 5.91. The third-order valence-electron chi connectivity index (χ3n) is 1.27. The van der Waals surface area contributed by atoms with E-state index in [0.717, 1.165) is 0 Å². The highest BCUT2D eigenvalue weighted by Crippen LogP contribution is 2.07. The lowest BCUT2D eigenvalue weighted by Crippen LogP contribution is -1.97. The highest BCUT2D eigenvalue weighted by atomic mass is 32.2. The monoisotopic (exact) mass is 190 g/mol. The summed E-state index contributed by atoms with van der Waals surface area (Å²) >= 11 is -2.34. The van der Waals surface area contributed by atoms with Gasteiger partial charge in [0.1, 0.15) is 5.82 Å². The lowest BCUT2D eigenvalue weighted by Gasteiger charge is -1.99. The van der Waals surface area contributed by atoms with Gasteiger partial charge in [-0.3, -0.25) is 8.74 Å². The molecule has 0 saturated heterocycles. The van der Waals surface area contributed by atoms with Gasteiger partial charge in [-0.05, 0) is 6.07 Å². The van der Waals surface area contributed by atoms with Crippen LogP contribution in [0.15, 0.2) is 24.3 Å². The Hall–Kier alpha value is -0.780. The molecule has 1 aromatic rings. The molecular weight excluding hydrogens is 183 g/mol. The van der Waals surface area contributed by atoms with Gasteiger partial charge in [0.15, 0.2) is 0 Å². The zero-order valence-corrected chi connectivity index (χ0v) is 6.88. The molecule has 0 saturated carbocycles. The Morgan fingerprint density at radius 3 is 2.75 bits per heavy atom. The first kappa shape index (κ1) is 9.31. The van der Waals surface area contributed by atoms with Gasteiger partial charge in [0.25, 0.3) is 0 Å². The number of benzene rings is 1. The Kier molecular flexibility index (Phi) is 3.33. The Morgan fingerprint density at radius 1 is 1.50 bits per heavy atom. The number of hydrogen-bond acceptors (Lipinski definition) is 2. The first-order valence-corrected chi connectivity index (χ1v) is 4.21. The van der Waals surface area contributed by atoms with E-state index in [0.29, 0.717) is 0 Å². The van der Waals surface area contributed by atoms with E-state index in [-0.39, 0.29) is 12.2 Å². The SMILES string of the molecule is O=S(O)OCc1ccccc1F. The highest BCUT2D eigenvalue weighted by molar-refractivity contribution is 7.74. The molecule has 5 heteroatoms. The van der Waals surface area contributed by atoms with E-state index in [9.17, 15) is 8.60 Å². The molecule has 1 atom stereocenters. The molecule has 0 aliphatic rings. The highest BCUT2D eigenvalue weighted by Gasteiger charge is 2.01. The Labute approximate surface area is 71.7 Å². The molecule has 0 aliphatic carbocycles. The van der Waals surface area contributed by atoms with Gasteiger partial charge < -0.3 is 0 Å². The van der Waals surface area contributed by atoms with Gasteiger partial charge in [-0.2, -0.15) is 4.21 Å². The van der Waals surface area contributed by atoms with E-state index in [1.165, 1.54) is 18.2 Å². The summed E-state index contributed by atoms with van der Waals surface area (Å²) in [6.07, 6.45) is 0. The summed E-state index contributed by atoms with van der Waals surface area (Å²) in [5.74, 6) is -0.442. The van der Waals surface area contributed by atoms with E-state index in [1.54, 1.807) is 6.07 Å². The Bertz CT molecular complexity index is 290. The van der Waals surface area contributed by atoms with E-state index in [2.05, 4.69) is 4.18 Å². The van der Waals surface area contributed by atoms with Gasteiger partial charge in [0.05, 0.1) is 6.61 Å². The predicted molar refractivity (Wildman–Crippen MR) is 42.0 cm³/mol. The lowest BCUT2D eigenvalue weighted by molar-refractivity contribution is 0.292. The van der Waals surface area contributed by atoms with Crippen molar-refractivity contribution in [3.63, 3.8) is 0 Å². The fourth-order valence-electron chi connectivity index (χ4n) is 0.729. The summed E-state index contributed by atoms with van der Waals surface area (Å²) in [7, 11) is 0. The maximum absolute atomic E-state index is 12.8. The largest absolute Gasteiger partial charge is 0.302 e. The topological polar surface area (TPSA) is 46.5 Å². The maximum Gasteiger partial charge on any atom is 0.302 e. The van der Waals surface area contributed by atoms with Crippen molar-refractivity contribution in [1.29, 1.82) is 0 Å². The molecule has 0 bridgehead atoms. The summed E-state index contributed by atoms with van der Waals surface area (Å²) in [5, 5.41) is 0. The van der Waals surface area contributed by atoms with Crippen molar-refractivity contribution in [2.75, 3.05) is 0 Å². The van der Waals surface area contributed by atoms with Crippen LogP contribution >= 0.6 is 0 Å². The molecule has 3 nitrogen and oxygen atoms in total. The van der Waals surface area contributed by atoms with Crippen molar-refractivity contribution < 1.29 is 17.3 Å². The minimum absolute atomic E-state index is 0.199. The van der Waals surface area contributed by atoms with Crippen LogP contribution < -0.4 is 0 Å². The minimum atomic E-state index is -2.34. The van der Waals surface area contributed by atoms with Gasteiger partial charge in [-0.25, -0.2) is 4.39 Å². The zero-order chi connectivity index (χ0) is 8.97. The van der Waals surface area contributed by atoms with E-state index >= 15 is 0 Å². The molecule has 0 aliphatic heterocycles. The Balaban J connectivity index is 2.63. The lowest BCUT2D eigenvalue weighted by atomic mass is 10.2. The molecule has 0 fully saturated rings. The average Bonchev–Trinajstić information content (AvgIpc) is 2.03.